The standard InChI is InChI=1S/C8H14O3S/c9-8(3-4-8)7-2-1-5-12(10,11)6-7/h7,9H,1-6H2. The molecular weight excluding hydrogens is 176 g/mol. The van der Waals surface area contributed by atoms with Crippen molar-refractivity contribution in [3.8, 4) is 0 Å². The SMILES string of the molecule is O=S1(=O)CCCC(C2(O)CC2)C1. The van der Waals surface area contributed by atoms with Crippen molar-refractivity contribution < 1.29 is 13.5 Å². The van der Waals surface area contributed by atoms with Crippen LogP contribution in [0.5, 0.6) is 0 Å². The molecule has 1 N–H and O–H groups in total. The average Bonchev–Trinajstić information content (AvgIpc) is 2.67. The maximum atomic E-state index is 11.2. The Morgan fingerprint density at radius 1 is 1.33 bits per heavy atom. The van der Waals surface area contributed by atoms with Crippen LogP contribution in [0, 0.1) is 5.92 Å². The van der Waals surface area contributed by atoms with Crippen LogP contribution in [0.3, 0.4) is 0 Å². The van der Waals surface area contributed by atoms with Crippen molar-refractivity contribution in [2.75, 3.05) is 11.5 Å². The normalized spacial score (nSPS) is 37.6. The minimum atomic E-state index is -2.84. The van der Waals surface area contributed by atoms with Crippen molar-refractivity contribution in [1.82, 2.24) is 0 Å². The highest BCUT2D eigenvalue weighted by atomic mass is 32.2. The van der Waals surface area contributed by atoms with E-state index in [2.05, 4.69) is 0 Å². The Labute approximate surface area is 72.7 Å². The van der Waals surface area contributed by atoms with Crippen LogP contribution in [0.15, 0.2) is 0 Å². The van der Waals surface area contributed by atoms with Gasteiger partial charge in [-0.05, 0) is 25.7 Å². The first-order valence-corrected chi connectivity index (χ1v) is 6.27. The lowest BCUT2D eigenvalue weighted by Gasteiger charge is -2.26. The maximum absolute atomic E-state index is 11.2. The average molecular weight is 190 g/mol. The summed E-state index contributed by atoms with van der Waals surface area (Å²) >= 11 is 0. The molecule has 0 bridgehead atoms. The summed E-state index contributed by atoms with van der Waals surface area (Å²) in [6, 6.07) is 0. The maximum Gasteiger partial charge on any atom is 0.150 e. The summed E-state index contributed by atoms with van der Waals surface area (Å²) in [4.78, 5) is 0. The van der Waals surface area contributed by atoms with Crippen molar-refractivity contribution in [1.29, 1.82) is 0 Å². The Balaban J connectivity index is 2.09. The van der Waals surface area contributed by atoms with Gasteiger partial charge in [0.25, 0.3) is 0 Å². The lowest BCUT2D eigenvalue weighted by molar-refractivity contribution is 0.0855. The van der Waals surface area contributed by atoms with Gasteiger partial charge in [0, 0.05) is 5.92 Å². The molecule has 2 rings (SSSR count). The van der Waals surface area contributed by atoms with Gasteiger partial charge < -0.3 is 5.11 Å². The zero-order valence-corrected chi connectivity index (χ0v) is 7.81. The molecule has 0 spiro atoms. The van der Waals surface area contributed by atoms with Crippen LogP contribution in [-0.4, -0.2) is 30.6 Å². The third kappa shape index (κ3) is 1.50. The summed E-state index contributed by atoms with van der Waals surface area (Å²) in [6.45, 7) is 0. The van der Waals surface area contributed by atoms with Crippen LogP contribution in [-0.2, 0) is 9.84 Å². The van der Waals surface area contributed by atoms with E-state index in [4.69, 9.17) is 0 Å². The van der Waals surface area contributed by atoms with Crippen LogP contribution in [0.4, 0.5) is 0 Å². The molecule has 0 aromatic rings. The van der Waals surface area contributed by atoms with E-state index >= 15 is 0 Å². The molecule has 0 radical (unpaired) electrons. The summed E-state index contributed by atoms with van der Waals surface area (Å²) in [5, 5.41) is 9.72. The van der Waals surface area contributed by atoms with E-state index in [-0.39, 0.29) is 11.7 Å². The molecule has 70 valence electrons. The smallest absolute Gasteiger partial charge is 0.150 e. The molecule has 2 aliphatic rings. The van der Waals surface area contributed by atoms with Crippen LogP contribution in [0.1, 0.15) is 25.7 Å². The summed E-state index contributed by atoms with van der Waals surface area (Å²) in [6.07, 6.45) is 3.21. The molecule has 0 aromatic carbocycles. The molecule has 1 unspecified atom stereocenters. The van der Waals surface area contributed by atoms with Gasteiger partial charge in [-0.25, -0.2) is 8.42 Å². The van der Waals surface area contributed by atoms with Gasteiger partial charge >= 0.3 is 0 Å². The zero-order valence-electron chi connectivity index (χ0n) is 6.99. The number of rotatable bonds is 1. The van der Waals surface area contributed by atoms with Crippen LogP contribution in [0.2, 0.25) is 0 Å². The Morgan fingerprint density at radius 3 is 2.50 bits per heavy atom. The quantitative estimate of drug-likeness (QED) is 0.648. The molecule has 0 aromatic heterocycles. The Bertz CT molecular complexity index is 277. The molecule has 1 heterocycles. The largest absolute Gasteiger partial charge is 0.390 e. The predicted octanol–water partition coefficient (Wildman–Crippen LogP) is 0.336. The Kier molecular flexibility index (Phi) is 1.74. The molecule has 1 saturated heterocycles. The third-order valence-corrected chi connectivity index (χ3v) is 4.81. The fourth-order valence-corrected chi connectivity index (χ4v) is 3.85. The highest BCUT2D eigenvalue weighted by molar-refractivity contribution is 7.91. The first-order valence-electron chi connectivity index (χ1n) is 4.45. The number of hydrogen-bond donors (Lipinski definition) is 1. The van der Waals surface area contributed by atoms with Crippen LogP contribution in [0.25, 0.3) is 0 Å². The molecule has 2 fully saturated rings. The highest BCUT2D eigenvalue weighted by Crippen LogP contribution is 2.45. The van der Waals surface area contributed by atoms with E-state index in [0.29, 0.717) is 5.75 Å². The number of sulfone groups is 1. The highest BCUT2D eigenvalue weighted by Gasteiger charge is 2.49. The van der Waals surface area contributed by atoms with Gasteiger partial charge in [-0.2, -0.15) is 0 Å². The molecule has 1 aliphatic carbocycles. The molecular formula is C8H14O3S. The molecule has 3 nitrogen and oxygen atoms in total. The molecule has 1 aliphatic heterocycles. The fourth-order valence-electron chi connectivity index (χ4n) is 1.98. The van der Waals surface area contributed by atoms with Crippen LogP contribution >= 0.6 is 0 Å². The first-order chi connectivity index (χ1) is 5.52. The molecule has 0 amide bonds. The van der Waals surface area contributed by atoms with Crippen molar-refractivity contribution in [2.24, 2.45) is 5.92 Å². The summed E-state index contributed by atoms with van der Waals surface area (Å²) in [7, 11) is -2.84. The van der Waals surface area contributed by atoms with Gasteiger partial charge in [0.1, 0.15) is 0 Å². The van der Waals surface area contributed by atoms with E-state index < -0.39 is 15.4 Å². The predicted molar refractivity (Wildman–Crippen MR) is 45.6 cm³/mol. The second-order valence-electron chi connectivity index (χ2n) is 4.06. The van der Waals surface area contributed by atoms with Gasteiger partial charge in [-0.1, -0.05) is 0 Å². The molecule has 4 heteroatoms. The van der Waals surface area contributed by atoms with E-state index in [1.54, 1.807) is 0 Å². The molecule has 1 saturated carbocycles. The van der Waals surface area contributed by atoms with Gasteiger partial charge in [-0.3, -0.25) is 0 Å². The summed E-state index contributed by atoms with van der Waals surface area (Å²) in [5.41, 5.74) is -0.604. The molecule has 12 heavy (non-hydrogen) atoms. The third-order valence-electron chi connectivity index (χ3n) is 2.99. The summed E-state index contributed by atoms with van der Waals surface area (Å²) in [5.74, 6) is 0.555. The Hall–Kier alpha value is -0.0900. The van der Waals surface area contributed by atoms with Gasteiger partial charge in [0.15, 0.2) is 9.84 Å². The van der Waals surface area contributed by atoms with Crippen LogP contribution < -0.4 is 0 Å². The second-order valence-corrected chi connectivity index (χ2v) is 6.29. The van der Waals surface area contributed by atoms with Gasteiger partial charge in [0.2, 0.25) is 0 Å². The molecule has 1 atom stereocenters. The summed E-state index contributed by atoms with van der Waals surface area (Å²) < 4.78 is 22.4. The monoisotopic (exact) mass is 190 g/mol. The van der Waals surface area contributed by atoms with Crippen molar-refractivity contribution >= 4 is 9.84 Å². The fraction of sp³-hybridized carbons (Fsp3) is 1.00. The van der Waals surface area contributed by atoms with E-state index in [0.717, 1.165) is 25.7 Å². The number of hydrogen-bond acceptors (Lipinski definition) is 3. The topological polar surface area (TPSA) is 54.4 Å². The first kappa shape index (κ1) is 8.51. The van der Waals surface area contributed by atoms with Crippen molar-refractivity contribution in [3.05, 3.63) is 0 Å². The Morgan fingerprint density at radius 2 is 2.00 bits per heavy atom. The van der Waals surface area contributed by atoms with Gasteiger partial charge in [0.05, 0.1) is 17.1 Å². The lowest BCUT2D eigenvalue weighted by atomic mass is 9.97. The van der Waals surface area contributed by atoms with Crippen molar-refractivity contribution in [3.63, 3.8) is 0 Å². The lowest BCUT2D eigenvalue weighted by Crippen LogP contribution is -2.34. The zero-order chi connectivity index (χ0) is 8.82. The van der Waals surface area contributed by atoms with Gasteiger partial charge in [-0.15, -0.1) is 0 Å². The number of aliphatic hydroxyl groups is 1. The van der Waals surface area contributed by atoms with E-state index in [9.17, 15) is 13.5 Å². The second kappa shape index (κ2) is 2.45. The van der Waals surface area contributed by atoms with E-state index in [1.165, 1.54) is 0 Å². The minimum Gasteiger partial charge on any atom is -0.390 e. The van der Waals surface area contributed by atoms with Crippen molar-refractivity contribution in [2.45, 2.75) is 31.3 Å². The minimum absolute atomic E-state index is 0.0243. The van der Waals surface area contributed by atoms with E-state index in [1.807, 2.05) is 0 Å².